The van der Waals surface area contributed by atoms with Crippen molar-refractivity contribution in [2.75, 3.05) is 17.2 Å². The zero-order valence-corrected chi connectivity index (χ0v) is 16.0. The normalized spacial score (nSPS) is 11.2. The number of thioether (sulfide) groups is 1. The molecule has 5 nitrogen and oxygen atoms in total. The number of halogens is 1. The van der Waals surface area contributed by atoms with Gasteiger partial charge in [-0.1, -0.05) is 50.2 Å². The molecule has 0 heterocycles. The van der Waals surface area contributed by atoms with Gasteiger partial charge in [0.25, 0.3) is 0 Å². The fourth-order valence-electron chi connectivity index (χ4n) is 2.08. The maximum absolute atomic E-state index is 12.6. The number of carboxylic acids is 1. The highest BCUT2D eigenvalue weighted by atomic mass is 35.5. The molecule has 0 fully saturated rings. The Morgan fingerprint density at radius 2 is 1.79 bits per heavy atom. The highest BCUT2D eigenvalue weighted by Gasteiger charge is 2.27. The van der Waals surface area contributed by atoms with Crippen molar-refractivity contribution in [2.24, 2.45) is 5.41 Å². The minimum Gasteiger partial charge on any atom is -0.480 e. The summed E-state index contributed by atoms with van der Waals surface area (Å²) >= 11 is 7.02. The highest BCUT2D eigenvalue weighted by molar-refractivity contribution is 8.14. The minimum atomic E-state index is -1.13. The Morgan fingerprint density at radius 3 is 2.29 bits per heavy atom. The lowest BCUT2D eigenvalue weighted by Crippen LogP contribution is -2.38. The summed E-state index contributed by atoms with van der Waals surface area (Å²) in [5.74, 6) is -1.68. The number of nitrogens with zero attached hydrogens (tertiary/aromatic N) is 1. The molecule has 1 rings (SSSR count). The zero-order chi connectivity index (χ0) is 18.7. The van der Waals surface area contributed by atoms with E-state index < -0.39 is 23.8 Å². The molecule has 1 amide bonds. The van der Waals surface area contributed by atoms with Crippen LogP contribution in [-0.2, 0) is 14.4 Å². The Hall–Kier alpha value is -1.53. The first-order valence-corrected chi connectivity index (χ1v) is 8.76. The molecule has 0 bridgehead atoms. The van der Waals surface area contributed by atoms with Gasteiger partial charge in [0.05, 0.1) is 11.4 Å². The lowest BCUT2D eigenvalue weighted by atomic mass is 10.00. The Bertz CT molecular complexity index is 667. The Labute approximate surface area is 151 Å². The Kier molecular flexibility index (Phi) is 6.86. The lowest BCUT2D eigenvalue weighted by molar-refractivity contribution is -0.136. The molecule has 0 aliphatic heterocycles. The van der Waals surface area contributed by atoms with Crippen molar-refractivity contribution >= 4 is 46.0 Å². The van der Waals surface area contributed by atoms with E-state index >= 15 is 0 Å². The molecule has 0 aliphatic rings. The number of carbonyl (C=O) groups excluding carboxylic acids is 2. The molecule has 24 heavy (non-hydrogen) atoms. The van der Waals surface area contributed by atoms with E-state index in [-0.39, 0.29) is 10.9 Å². The average Bonchev–Trinajstić information content (AvgIpc) is 2.46. The molecule has 0 saturated carbocycles. The number of carboxylic acid groups (broad SMARTS) is 1. The van der Waals surface area contributed by atoms with Crippen LogP contribution in [0.5, 0.6) is 0 Å². The number of aryl methyl sites for hydroxylation is 1. The summed E-state index contributed by atoms with van der Waals surface area (Å²) in [6.45, 7) is 8.35. The largest absolute Gasteiger partial charge is 0.480 e. The number of aliphatic carboxylic acids is 1. The fourth-order valence-corrected chi connectivity index (χ4v) is 3.07. The number of carbonyl (C=O) groups is 3. The number of amides is 1. The van der Waals surface area contributed by atoms with Crippen LogP contribution < -0.4 is 4.90 Å². The maximum Gasteiger partial charge on any atom is 0.323 e. The van der Waals surface area contributed by atoms with Crippen molar-refractivity contribution in [2.45, 2.75) is 34.6 Å². The summed E-state index contributed by atoms with van der Waals surface area (Å²) in [7, 11) is 0. The summed E-state index contributed by atoms with van der Waals surface area (Å²) < 4.78 is 0. The lowest BCUT2D eigenvalue weighted by Gasteiger charge is -2.25. The van der Waals surface area contributed by atoms with E-state index in [0.717, 1.165) is 17.3 Å². The Morgan fingerprint density at radius 1 is 1.21 bits per heavy atom. The van der Waals surface area contributed by atoms with E-state index in [4.69, 9.17) is 16.7 Å². The zero-order valence-electron chi connectivity index (χ0n) is 14.5. The molecule has 0 spiro atoms. The molecular formula is C17H22ClNO4S. The topological polar surface area (TPSA) is 74.7 Å². The van der Waals surface area contributed by atoms with Crippen LogP contribution in [0, 0.1) is 19.3 Å². The predicted octanol–water partition coefficient (Wildman–Crippen LogP) is 3.68. The summed E-state index contributed by atoms with van der Waals surface area (Å²) in [4.78, 5) is 36.9. The summed E-state index contributed by atoms with van der Waals surface area (Å²) in [5.41, 5.74) is 1.31. The smallest absolute Gasteiger partial charge is 0.323 e. The number of benzene rings is 1. The molecule has 1 N–H and O–H groups in total. The van der Waals surface area contributed by atoms with E-state index in [0.29, 0.717) is 16.3 Å². The summed E-state index contributed by atoms with van der Waals surface area (Å²) in [6.07, 6.45) is 0. The second-order valence-corrected chi connectivity index (χ2v) is 7.89. The minimum absolute atomic E-state index is 0.116. The SMILES string of the molecule is Cc1ccc(Cl)c(C)c1N(CC(=O)O)C(=O)CSC(=O)C(C)(C)C. The van der Waals surface area contributed by atoms with Crippen molar-refractivity contribution in [1.82, 2.24) is 0 Å². The van der Waals surface area contributed by atoms with Crippen LogP contribution in [0.15, 0.2) is 12.1 Å². The third-order valence-corrected chi connectivity index (χ3v) is 5.05. The first kappa shape index (κ1) is 20.5. The van der Waals surface area contributed by atoms with Gasteiger partial charge in [-0.05, 0) is 31.0 Å². The molecule has 1 aromatic rings. The maximum atomic E-state index is 12.6. The van der Waals surface area contributed by atoms with Gasteiger partial charge in [-0.25, -0.2) is 0 Å². The van der Waals surface area contributed by atoms with Crippen molar-refractivity contribution in [1.29, 1.82) is 0 Å². The van der Waals surface area contributed by atoms with Crippen molar-refractivity contribution < 1.29 is 19.5 Å². The molecule has 7 heteroatoms. The van der Waals surface area contributed by atoms with Gasteiger partial charge in [-0.2, -0.15) is 0 Å². The van der Waals surface area contributed by atoms with Crippen LogP contribution in [0.25, 0.3) is 0 Å². The van der Waals surface area contributed by atoms with Crippen LogP contribution in [0.4, 0.5) is 5.69 Å². The van der Waals surface area contributed by atoms with E-state index in [1.54, 1.807) is 46.8 Å². The van der Waals surface area contributed by atoms with Crippen LogP contribution in [0.3, 0.4) is 0 Å². The van der Waals surface area contributed by atoms with Gasteiger partial charge in [0.2, 0.25) is 5.91 Å². The van der Waals surface area contributed by atoms with Gasteiger partial charge in [0.15, 0.2) is 5.12 Å². The molecular weight excluding hydrogens is 350 g/mol. The second kappa shape index (κ2) is 8.03. The summed E-state index contributed by atoms with van der Waals surface area (Å²) in [6, 6.07) is 3.44. The molecule has 1 aromatic carbocycles. The van der Waals surface area contributed by atoms with Gasteiger partial charge in [-0.3, -0.25) is 19.3 Å². The second-order valence-electron chi connectivity index (χ2n) is 6.54. The molecule has 0 aromatic heterocycles. The van der Waals surface area contributed by atoms with E-state index in [2.05, 4.69) is 0 Å². The number of anilines is 1. The number of hydrogen-bond donors (Lipinski definition) is 1. The van der Waals surface area contributed by atoms with Gasteiger partial charge in [0, 0.05) is 10.4 Å². The van der Waals surface area contributed by atoms with E-state index in [1.807, 2.05) is 0 Å². The standard InChI is InChI=1S/C17H22ClNO4S/c1-10-6-7-12(18)11(2)15(10)19(8-14(21)22)13(20)9-24-16(23)17(3,4)5/h6-7H,8-9H2,1-5H3,(H,21,22). The average molecular weight is 372 g/mol. The van der Waals surface area contributed by atoms with Crippen LogP contribution in [0.1, 0.15) is 31.9 Å². The third-order valence-electron chi connectivity index (χ3n) is 3.37. The van der Waals surface area contributed by atoms with E-state index in [1.165, 1.54) is 4.90 Å². The van der Waals surface area contributed by atoms with Crippen LogP contribution in [0.2, 0.25) is 5.02 Å². The van der Waals surface area contributed by atoms with Crippen LogP contribution >= 0.6 is 23.4 Å². The number of rotatable bonds is 5. The molecule has 0 aliphatic carbocycles. The Balaban J connectivity index is 3.11. The van der Waals surface area contributed by atoms with E-state index in [9.17, 15) is 14.4 Å². The third kappa shape index (κ3) is 5.24. The predicted molar refractivity (Wildman–Crippen MR) is 97.8 cm³/mol. The van der Waals surface area contributed by atoms with Gasteiger partial charge >= 0.3 is 5.97 Å². The monoisotopic (exact) mass is 371 g/mol. The summed E-state index contributed by atoms with van der Waals surface area (Å²) in [5, 5.41) is 9.49. The van der Waals surface area contributed by atoms with Crippen LogP contribution in [-0.4, -0.2) is 34.4 Å². The first-order valence-electron chi connectivity index (χ1n) is 7.40. The highest BCUT2D eigenvalue weighted by Crippen LogP contribution is 2.31. The molecule has 0 radical (unpaired) electrons. The van der Waals surface area contributed by atoms with Gasteiger partial charge in [-0.15, -0.1) is 0 Å². The van der Waals surface area contributed by atoms with Gasteiger partial charge < -0.3 is 5.11 Å². The van der Waals surface area contributed by atoms with Crippen molar-refractivity contribution in [3.63, 3.8) is 0 Å². The van der Waals surface area contributed by atoms with Crippen molar-refractivity contribution in [3.05, 3.63) is 28.3 Å². The molecule has 0 atom stereocenters. The number of hydrogen-bond acceptors (Lipinski definition) is 4. The first-order chi connectivity index (χ1) is 10.9. The van der Waals surface area contributed by atoms with Crippen molar-refractivity contribution in [3.8, 4) is 0 Å². The van der Waals surface area contributed by atoms with Gasteiger partial charge in [0.1, 0.15) is 6.54 Å². The quantitative estimate of drug-likeness (QED) is 0.854. The molecule has 0 unspecified atom stereocenters. The fraction of sp³-hybridized carbons (Fsp3) is 0.471. The molecule has 0 saturated heterocycles. The molecule has 132 valence electrons.